The molecule has 0 saturated carbocycles. The number of alkyl halides is 2. The highest BCUT2D eigenvalue weighted by Crippen LogP contribution is 2.36. The van der Waals surface area contributed by atoms with Crippen LogP contribution in [0.25, 0.3) is 0 Å². The van der Waals surface area contributed by atoms with Crippen LogP contribution in [0.15, 0.2) is 0 Å². The Morgan fingerprint density at radius 1 is 0.826 bits per heavy atom. The zero-order valence-corrected chi connectivity index (χ0v) is 14.9. The molecule has 0 aromatic heterocycles. The van der Waals surface area contributed by atoms with E-state index in [1.807, 2.05) is 11.9 Å². The molecule has 0 bridgehead atoms. The van der Waals surface area contributed by atoms with Crippen molar-refractivity contribution in [1.29, 1.82) is 0 Å². The quantitative estimate of drug-likeness (QED) is 0.632. The van der Waals surface area contributed by atoms with E-state index in [9.17, 15) is 0 Å². The summed E-state index contributed by atoms with van der Waals surface area (Å²) in [6.45, 7) is 4.70. The molecule has 136 valence electrons. The summed E-state index contributed by atoms with van der Waals surface area (Å²) in [7, 11) is 1.90. The average molecular weight is 374 g/mol. The maximum Gasteiger partial charge on any atom is 0.221 e. The Kier molecular flexibility index (Phi) is 8.81. The molecule has 9 heteroatoms. The molecule has 0 amide bonds. The third kappa shape index (κ3) is 5.95. The van der Waals surface area contributed by atoms with E-state index in [2.05, 4.69) is 0 Å². The Hall–Kier alpha value is 0.300. The van der Waals surface area contributed by atoms with Crippen LogP contribution in [0.4, 0.5) is 0 Å². The zero-order chi connectivity index (χ0) is 16.5. The Labute approximate surface area is 147 Å². The van der Waals surface area contributed by atoms with Crippen molar-refractivity contribution in [2.45, 2.75) is 16.9 Å². The van der Waals surface area contributed by atoms with Crippen LogP contribution in [0.1, 0.15) is 0 Å². The summed E-state index contributed by atoms with van der Waals surface area (Å²) in [5.74, 6) is 0. The summed E-state index contributed by atoms with van der Waals surface area (Å²) in [5.41, 5.74) is -0.889. The van der Waals surface area contributed by atoms with Gasteiger partial charge in [0.2, 0.25) is 5.06 Å². The van der Waals surface area contributed by atoms with Gasteiger partial charge in [-0.05, 0) is 7.05 Å². The van der Waals surface area contributed by atoms with Gasteiger partial charge in [0.1, 0.15) is 0 Å². The van der Waals surface area contributed by atoms with Gasteiger partial charge in [0.05, 0.1) is 59.5 Å². The van der Waals surface area contributed by atoms with E-state index in [-0.39, 0.29) is 6.61 Å². The summed E-state index contributed by atoms with van der Waals surface area (Å²) >= 11 is 13.0. The van der Waals surface area contributed by atoms with Crippen LogP contribution >= 0.6 is 23.2 Å². The van der Waals surface area contributed by atoms with Crippen molar-refractivity contribution in [3.05, 3.63) is 0 Å². The second-order valence-corrected chi connectivity index (χ2v) is 6.26. The molecular weight excluding hydrogens is 349 g/mol. The molecular formula is C14H25Cl2NO6. The van der Waals surface area contributed by atoms with Gasteiger partial charge in [-0.1, -0.05) is 23.2 Å². The molecule has 0 spiro atoms. The summed E-state index contributed by atoms with van der Waals surface area (Å²) in [5, 5.41) is -1.33. The van der Waals surface area contributed by atoms with E-state index < -0.39 is 16.9 Å². The highest BCUT2D eigenvalue weighted by molar-refractivity contribution is 6.31. The number of ether oxygens (including phenoxy) is 6. The lowest BCUT2D eigenvalue weighted by Crippen LogP contribution is -2.54. The lowest BCUT2D eigenvalue weighted by molar-refractivity contribution is -0.164. The van der Waals surface area contributed by atoms with Gasteiger partial charge in [-0.25, -0.2) is 0 Å². The number of rotatable bonds is 1. The molecule has 2 aliphatic heterocycles. The van der Waals surface area contributed by atoms with Crippen molar-refractivity contribution >= 4 is 23.2 Å². The fourth-order valence-electron chi connectivity index (χ4n) is 2.34. The number of nitrogens with zero attached hydrogens (tertiary/aromatic N) is 1. The van der Waals surface area contributed by atoms with Crippen LogP contribution in [-0.4, -0.2) is 94.8 Å². The van der Waals surface area contributed by atoms with Crippen LogP contribution in [-0.2, 0) is 28.4 Å². The molecule has 2 saturated heterocycles. The maximum absolute atomic E-state index is 6.66. The monoisotopic (exact) mass is 373 g/mol. The Balaban J connectivity index is 1.96. The van der Waals surface area contributed by atoms with Crippen LogP contribution in [0.3, 0.4) is 0 Å². The largest absolute Gasteiger partial charge is 0.377 e. The number of halogens is 2. The van der Waals surface area contributed by atoms with Crippen molar-refractivity contribution in [3.8, 4) is 0 Å². The van der Waals surface area contributed by atoms with Crippen molar-refractivity contribution < 1.29 is 28.4 Å². The molecule has 23 heavy (non-hydrogen) atoms. The Morgan fingerprint density at radius 2 is 1.39 bits per heavy atom. The molecule has 3 atom stereocenters. The number of hydrogen-bond donors (Lipinski definition) is 0. The highest BCUT2D eigenvalue weighted by atomic mass is 35.5. The fraction of sp³-hybridized carbons (Fsp3) is 1.00. The van der Waals surface area contributed by atoms with Gasteiger partial charge >= 0.3 is 0 Å². The molecule has 2 aliphatic rings. The zero-order valence-electron chi connectivity index (χ0n) is 13.4. The van der Waals surface area contributed by atoms with Crippen molar-refractivity contribution in [3.63, 3.8) is 0 Å². The minimum atomic E-state index is -1.33. The first-order valence-corrected chi connectivity index (χ1v) is 8.59. The van der Waals surface area contributed by atoms with Gasteiger partial charge in [-0.3, -0.25) is 4.90 Å². The highest BCUT2D eigenvalue weighted by Gasteiger charge is 2.50. The van der Waals surface area contributed by atoms with Gasteiger partial charge in [0.25, 0.3) is 0 Å². The molecule has 2 fully saturated rings. The first-order valence-electron chi connectivity index (χ1n) is 7.78. The summed E-state index contributed by atoms with van der Waals surface area (Å²) in [4.78, 5) is 1.95. The molecule has 0 aromatic rings. The lowest BCUT2D eigenvalue weighted by atomic mass is 10.3. The topological polar surface area (TPSA) is 58.6 Å². The van der Waals surface area contributed by atoms with E-state index >= 15 is 0 Å². The van der Waals surface area contributed by atoms with E-state index in [4.69, 9.17) is 51.6 Å². The van der Waals surface area contributed by atoms with Crippen molar-refractivity contribution in [2.75, 3.05) is 73.1 Å². The predicted octanol–water partition coefficient (Wildman–Crippen LogP) is 0.871. The molecule has 2 heterocycles. The molecule has 7 nitrogen and oxygen atoms in total. The molecule has 2 rings (SSSR count). The Bertz CT molecular complexity index is 340. The lowest BCUT2D eigenvalue weighted by Gasteiger charge is -2.38. The standard InChI is InChI=1S/C14H25Cl2NO6/c1-17-2-3-22-13(17)14(16)12(15)21-10-8-19-6-4-18-5-7-20-9-11-23-14/h12-13H,2-11H2,1H3. The molecule has 3 unspecified atom stereocenters. The maximum atomic E-state index is 6.66. The van der Waals surface area contributed by atoms with Gasteiger partial charge in [0.15, 0.2) is 11.8 Å². The number of likely N-dealkylation sites (N-methyl/N-ethyl adjacent to an activating group) is 1. The smallest absolute Gasteiger partial charge is 0.221 e. The van der Waals surface area contributed by atoms with Crippen LogP contribution in [0.5, 0.6) is 0 Å². The van der Waals surface area contributed by atoms with E-state index in [1.165, 1.54) is 0 Å². The molecule has 0 aliphatic carbocycles. The third-order valence-electron chi connectivity index (χ3n) is 3.55. The van der Waals surface area contributed by atoms with Crippen LogP contribution < -0.4 is 0 Å². The number of hydrogen-bond acceptors (Lipinski definition) is 7. The van der Waals surface area contributed by atoms with Crippen LogP contribution in [0, 0.1) is 0 Å². The Morgan fingerprint density at radius 3 is 1.96 bits per heavy atom. The third-order valence-corrected chi connectivity index (χ3v) is 4.61. The minimum absolute atomic E-state index is 0.278. The van der Waals surface area contributed by atoms with E-state index in [0.717, 1.165) is 6.54 Å². The van der Waals surface area contributed by atoms with Gasteiger partial charge in [-0.15, -0.1) is 0 Å². The molecule has 0 aromatic carbocycles. The van der Waals surface area contributed by atoms with Crippen molar-refractivity contribution in [2.24, 2.45) is 0 Å². The second kappa shape index (κ2) is 10.3. The summed E-state index contributed by atoms with van der Waals surface area (Å²) in [6, 6.07) is 0. The average Bonchev–Trinajstić information content (AvgIpc) is 2.97. The molecule has 0 radical (unpaired) electrons. The van der Waals surface area contributed by atoms with Gasteiger partial charge in [0, 0.05) is 6.54 Å². The van der Waals surface area contributed by atoms with Crippen molar-refractivity contribution in [1.82, 2.24) is 4.90 Å². The van der Waals surface area contributed by atoms with Crippen LogP contribution in [0.2, 0.25) is 0 Å². The summed E-state index contributed by atoms with van der Waals surface area (Å²) in [6.07, 6.45) is -0.494. The predicted molar refractivity (Wildman–Crippen MR) is 85.0 cm³/mol. The van der Waals surface area contributed by atoms with E-state index in [0.29, 0.717) is 52.9 Å². The normalized spacial score (nSPS) is 37.2. The summed E-state index contributed by atoms with van der Waals surface area (Å²) < 4.78 is 33.3. The first kappa shape index (κ1) is 19.6. The van der Waals surface area contributed by atoms with Gasteiger partial charge in [-0.2, -0.15) is 0 Å². The SMILES string of the molecule is CN1CCOC1C1(Cl)OCCOCCOCCOCCOC1Cl. The first-order chi connectivity index (χ1) is 11.1. The minimum Gasteiger partial charge on any atom is -0.377 e. The molecule has 0 N–H and O–H groups in total. The van der Waals surface area contributed by atoms with Gasteiger partial charge < -0.3 is 28.4 Å². The second-order valence-electron chi connectivity index (χ2n) is 5.27. The van der Waals surface area contributed by atoms with E-state index in [1.54, 1.807) is 0 Å². The fourth-order valence-corrected chi connectivity index (χ4v) is 2.97.